The molecule has 0 radical (unpaired) electrons. The predicted molar refractivity (Wildman–Crippen MR) is 82.2 cm³/mol. The number of hydrogen-bond acceptors (Lipinski definition) is 3. The molecule has 0 bridgehead atoms. The molecule has 2 N–H and O–H groups in total. The SMILES string of the molecule is CCC(C)(C)N(C)C(CN)c1ccc(SC)cc1. The van der Waals surface area contributed by atoms with Crippen molar-refractivity contribution in [2.45, 2.75) is 43.7 Å². The number of hydrogen-bond donors (Lipinski definition) is 1. The highest BCUT2D eigenvalue weighted by Crippen LogP contribution is 2.29. The quantitative estimate of drug-likeness (QED) is 0.799. The van der Waals surface area contributed by atoms with Gasteiger partial charge in [0, 0.05) is 23.0 Å². The fraction of sp³-hybridized carbons (Fsp3) is 0.600. The summed E-state index contributed by atoms with van der Waals surface area (Å²) in [6.07, 6.45) is 3.21. The van der Waals surface area contributed by atoms with E-state index in [9.17, 15) is 0 Å². The summed E-state index contributed by atoms with van der Waals surface area (Å²) in [5, 5.41) is 0. The molecule has 0 aliphatic rings. The molecule has 1 aromatic rings. The van der Waals surface area contributed by atoms with Crippen molar-refractivity contribution in [1.82, 2.24) is 4.90 Å². The van der Waals surface area contributed by atoms with Crippen LogP contribution in [0.25, 0.3) is 0 Å². The molecule has 1 atom stereocenters. The minimum Gasteiger partial charge on any atom is -0.329 e. The molecule has 3 heteroatoms. The van der Waals surface area contributed by atoms with Gasteiger partial charge in [0.05, 0.1) is 0 Å². The zero-order valence-corrected chi connectivity index (χ0v) is 13.1. The van der Waals surface area contributed by atoms with Crippen LogP contribution in [0.1, 0.15) is 38.8 Å². The van der Waals surface area contributed by atoms with Crippen molar-refractivity contribution < 1.29 is 0 Å². The highest BCUT2D eigenvalue weighted by Gasteiger charge is 2.27. The van der Waals surface area contributed by atoms with Crippen LogP contribution < -0.4 is 5.73 Å². The molecule has 0 fully saturated rings. The molecular formula is C15H26N2S. The lowest BCUT2D eigenvalue weighted by molar-refractivity contribution is 0.100. The fourth-order valence-corrected chi connectivity index (χ4v) is 2.42. The van der Waals surface area contributed by atoms with Gasteiger partial charge in [0.25, 0.3) is 0 Å². The van der Waals surface area contributed by atoms with Crippen molar-refractivity contribution in [2.24, 2.45) is 5.73 Å². The maximum atomic E-state index is 5.98. The predicted octanol–water partition coefficient (Wildman–Crippen LogP) is 3.53. The van der Waals surface area contributed by atoms with Gasteiger partial charge in [-0.25, -0.2) is 0 Å². The summed E-state index contributed by atoms with van der Waals surface area (Å²) >= 11 is 1.77. The summed E-state index contributed by atoms with van der Waals surface area (Å²) in [5.41, 5.74) is 7.45. The molecule has 0 aliphatic carbocycles. The van der Waals surface area contributed by atoms with Crippen molar-refractivity contribution in [3.63, 3.8) is 0 Å². The highest BCUT2D eigenvalue weighted by atomic mass is 32.2. The van der Waals surface area contributed by atoms with Gasteiger partial charge in [0.1, 0.15) is 0 Å². The van der Waals surface area contributed by atoms with Crippen LogP contribution in [0.2, 0.25) is 0 Å². The number of benzene rings is 1. The van der Waals surface area contributed by atoms with E-state index in [0.29, 0.717) is 6.54 Å². The van der Waals surface area contributed by atoms with Gasteiger partial charge in [0.2, 0.25) is 0 Å². The zero-order valence-electron chi connectivity index (χ0n) is 12.2. The van der Waals surface area contributed by atoms with Gasteiger partial charge in [-0.05, 0) is 51.3 Å². The lowest BCUT2D eigenvalue weighted by Gasteiger charge is -2.40. The lowest BCUT2D eigenvalue weighted by atomic mass is 9.95. The van der Waals surface area contributed by atoms with Crippen LogP contribution in [0.4, 0.5) is 0 Å². The monoisotopic (exact) mass is 266 g/mol. The molecule has 18 heavy (non-hydrogen) atoms. The fourth-order valence-electron chi connectivity index (χ4n) is 2.02. The number of nitrogens with two attached hydrogens (primary N) is 1. The Morgan fingerprint density at radius 2 is 1.83 bits per heavy atom. The second kappa shape index (κ2) is 6.60. The molecule has 0 aromatic heterocycles. The average molecular weight is 266 g/mol. The highest BCUT2D eigenvalue weighted by molar-refractivity contribution is 7.98. The van der Waals surface area contributed by atoms with Gasteiger partial charge in [-0.15, -0.1) is 11.8 Å². The number of likely N-dealkylation sites (N-methyl/N-ethyl adjacent to an activating group) is 1. The van der Waals surface area contributed by atoms with E-state index < -0.39 is 0 Å². The first-order valence-corrected chi connectivity index (χ1v) is 7.75. The van der Waals surface area contributed by atoms with Gasteiger partial charge in [-0.2, -0.15) is 0 Å². The van der Waals surface area contributed by atoms with Gasteiger partial charge < -0.3 is 5.73 Å². The number of rotatable bonds is 6. The largest absolute Gasteiger partial charge is 0.329 e. The topological polar surface area (TPSA) is 29.3 Å². The van der Waals surface area contributed by atoms with E-state index in [-0.39, 0.29) is 11.6 Å². The molecule has 0 saturated heterocycles. The Morgan fingerprint density at radius 1 is 1.28 bits per heavy atom. The van der Waals surface area contributed by atoms with Crippen molar-refractivity contribution in [3.05, 3.63) is 29.8 Å². The van der Waals surface area contributed by atoms with Crippen LogP contribution in [-0.4, -0.2) is 30.3 Å². The summed E-state index contributed by atoms with van der Waals surface area (Å²) in [4.78, 5) is 3.69. The molecule has 0 aliphatic heterocycles. The molecule has 0 saturated carbocycles. The molecule has 1 rings (SSSR count). The van der Waals surface area contributed by atoms with E-state index in [1.807, 2.05) is 0 Å². The molecule has 0 heterocycles. The molecule has 1 unspecified atom stereocenters. The van der Waals surface area contributed by atoms with E-state index in [1.54, 1.807) is 11.8 Å². The van der Waals surface area contributed by atoms with Gasteiger partial charge in [-0.1, -0.05) is 19.1 Å². The van der Waals surface area contributed by atoms with E-state index in [2.05, 4.69) is 63.2 Å². The van der Waals surface area contributed by atoms with Crippen LogP contribution in [-0.2, 0) is 0 Å². The first kappa shape index (κ1) is 15.5. The van der Waals surface area contributed by atoms with Gasteiger partial charge in [0.15, 0.2) is 0 Å². The van der Waals surface area contributed by atoms with Crippen molar-refractivity contribution in [2.75, 3.05) is 19.8 Å². The summed E-state index contributed by atoms with van der Waals surface area (Å²) in [6, 6.07) is 9.04. The zero-order chi connectivity index (χ0) is 13.8. The summed E-state index contributed by atoms with van der Waals surface area (Å²) in [6.45, 7) is 7.41. The third kappa shape index (κ3) is 3.50. The van der Waals surface area contributed by atoms with E-state index in [1.165, 1.54) is 10.5 Å². The summed E-state index contributed by atoms with van der Waals surface area (Å²) in [7, 11) is 2.17. The normalized spacial score (nSPS) is 13.9. The Kier molecular flexibility index (Phi) is 5.70. The number of thioether (sulfide) groups is 1. The smallest absolute Gasteiger partial charge is 0.0472 e. The Labute approximate surface area is 116 Å². The third-order valence-electron chi connectivity index (χ3n) is 4.01. The van der Waals surface area contributed by atoms with Crippen LogP contribution >= 0.6 is 11.8 Å². The summed E-state index contributed by atoms with van der Waals surface area (Å²) in [5.74, 6) is 0. The first-order valence-electron chi connectivity index (χ1n) is 6.53. The van der Waals surface area contributed by atoms with Crippen LogP contribution in [0.15, 0.2) is 29.2 Å². The maximum absolute atomic E-state index is 5.98. The van der Waals surface area contributed by atoms with Gasteiger partial charge >= 0.3 is 0 Å². The first-order chi connectivity index (χ1) is 8.46. The average Bonchev–Trinajstić information content (AvgIpc) is 2.40. The molecule has 102 valence electrons. The van der Waals surface area contributed by atoms with E-state index in [4.69, 9.17) is 5.73 Å². The molecular weight excluding hydrogens is 240 g/mol. The lowest BCUT2D eigenvalue weighted by Crippen LogP contribution is -2.45. The van der Waals surface area contributed by atoms with E-state index >= 15 is 0 Å². The minimum absolute atomic E-state index is 0.169. The number of nitrogens with zero attached hydrogens (tertiary/aromatic N) is 1. The second-order valence-electron chi connectivity index (χ2n) is 5.30. The van der Waals surface area contributed by atoms with Crippen LogP contribution in [0.5, 0.6) is 0 Å². The van der Waals surface area contributed by atoms with Crippen molar-refractivity contribution >= 4 is 11.8 Å². The summed E-state index contributed by atoms with van der Waals surface area (Å²) < 4.78 is 0. The third-order valence-corrected chi connectivity index (χ3v) is 4.75. The van der Waals surface area contributed by atoms with E-state index in [0.717, 1.165) is 6.42 Å². The standard InChI is InChI=1S/C15H26N2S/c1-6-15(2,3)17(4)14(11-16)12-7-9-13(18-5)10-8-12/h7-10,14H,6,11,16H2,1-5H3. The Morgan fingerprint density at radius 3 is 2.22 bits per heavy atom. The molecule has 0 spiro atoms. The maximum Gasteiger partial charge on any atom is 0.0472 e. The van der Waals surface area contributed by atoms with Crippen LogP contribution in [0, 0.1) is 0 Å². The molecule has 2 nitrogen and oxygen atoms in total. The second-order valence-corrected chi connectivity index (χ2v) is 6.18. The van der Waals surface area contributed by atoms with Crippen molar-refractivity contribution in [1.29, 1.82) is 0 Å². The Bertz CT molecular complexity index is 359. The Balaban J connectivity index is 2.94. The van der Waals surface area contributed by atoms with Gasteiger partial charge in [-0.3, -0.25) is 4.90 Å². The molecule has 0 amide bonds. The van der Waals surface area contributed by atoms with Crippen molar-refractivity contribution in [3.8, 4) is 0 Å². The Hall–Kier alpha value is -0.510. The van der Waals surface area contributed by atoms with Crippen LogP contribution in [0.3, 0.4) is 0 Å². The minimum atomic E-state index is 0.169. The molecule has 1 aromatic carbocycles.